The van der Waals surface area contributed by atoms with Crippen LogP contribution in [0, 0.1) is 17.0 Å². The quantitative estimate of drug-likeness (QED) is 0.214. The molecule has 0 atom stereocenters. The number of carbonyl (C=O) groups excluding carboxylic acids is 1. The van der Waals surface area contributed by atoms with Crippen molar-refractivity contribution in [1.29, 1.82) is 0 Å². The fourth-order valence-electron chi connectivity index (χ4n) is 2.53. The van der Waals surface area contributed by atoms with E-state index < -0.39 is 4.92 Å². The van der Waals surface area contributed by atoms with Gasteiger partial charge in [0, 0.05) is 24.7 Å². The molecule has 0 spiro atoms. The minimum atomic E-state index is -0.493. The van der Waals surface area contributed by atoms with Gasteiger partial charge in [0.15, 0.2) is 0 Å². The van der Waals surface area contributed by atoms with Gasteiger partial charge in [-0.2, -0.15) is 0 Å². The number of hydrogen-bond donors (Lipinski definition) is 0. The summed E-state index contributed by atoms with van der Waals surface area (Å²) in [4.78, 5) is 24.6. The Balaban J connectivity index is 1.74. The minimum Gasteiger partial charge on any atom is -0.490 e. The predicted molar refractivity (Wildman–Crippen MR) is 116 cm³/mol. The summed E-state index contributed by atoms with van der Waals surface area (Å²) in [5, 5.41) is 11.1. The number of hydrogen-bond acceptors (Lipinski definition) is 7. The van der Waals surface area contributed by atoms with E-state index in [1.807, 2.05) is 31.2 Å². The number of nitro benzene ring substituents is 1. The summed E-state index contributed by atoms with van der Waals surface area (Å²) in [6, 6.07) is 11.9. The Morgan fingerprint density at radius 2 is 1.86 bits per heavy atom. The summed E-state index contributed by atoms with van der Waals surface area (Å²) in [6.07, 6.45) is 1.56. The van der Waals surface area contributed by atoms with E-state index in [1.165, 1.54) is 23.1 Å². The molecule has 0 aromatic heterocycles. The Hall–Kier alpha value is -2.91. The fraction of sp³-hybridized carbons (Fsp3) is 0.200. The number of likely N-dealkylation sites (N-methyl/N-ethyl adjacent to an activating group) is 1. The zero-order valence-electron chi connectivity index (χ0n) is 15.8. The molecular formula is C20H18N2O5S2. The predicted octanol–water partition coefficient (Wildman–Crippen LogP) is 4.19. The maximum absolute atomic E-state index is 12.2. The molecule has 29 heavy (non-hydrogen) atoms. The van der Waals surface area contributed by atoms with Crippen LogP contribution in [-0.4, -0.2) is 40.3 Å². The van der Waals surface area contributed by atoms with Crippen molar-refractivity contribution in [3.8, 4) is 11.5 Å². The van der Waals surface area contributed by atoms with Crippen molar-refractivity contribution in [2.45, 2.75) is 6.92 Å². The summed E-state index contributed by atoms with van der Waals surface area (Å²) in [5.41, 5.74) is 1.48. The van der Waals surface area contributed by atoms with E-state index in [4.69, 9.17) is 21.7 Å². The highest BCUT2D eigenvalue weighted by atomic mass is 32.2. The molecule has 1 aliphatic rings. The zero-order valence-corrected chi connectivity index (χ0v) is 17.4. The molecule has 0 saturated carbocycles. The third-order valence-corrected chi connectivity index (χ3v) is 5.59. The molecule has 0 radical (unpaired) electrons. The Morgan fingerprint density at radius 1 is 1.17 bits per heavy atom. The van der Waals surface area contributed by atoms with Crippen LogP contribution in [0.3, 0.4) is 0 Å². The van der Waals surface area contributed by atoms with Crippen LogP contribution >= 0.6 is 24.0 Å². The first-order chi connectivity index (χ1) is 13.8. The Kier molecular flexibility index (Phi) is 6.50. The number of benzene rings is 2. The third-order valence-electron chi connectivity index (χ3n) is 4.11. The second-order valence-corrected chi connectivity index (χ2v) is 7.91. The van der Waals surface area contributed by atoms with E-state index in [9.17, 15) is 14.9 Å². The molecule has 0 N–H and O–H groups in total. The molecule has 0 aliphatic carbocycles. The molecule has 1 amide bonds. The lowest BCUT2D eigenvalue weighted by Crippen LogP contribution is -2.22. The van der Waals surface area contributed by atoms with Gasteiger partial charge in [-0.15, -0.1) is 0 Å². The lowest BCUT2D eigenvalue weighted by Gasteiger charge is -2.11. The van der Waals surface area contributed by atoms with E-state index in [0.29, 0.717) is 27.1 Å². The van der Waals surface area contributed by atoms with E-state index >= 15 is 0 Å². The van der Waals surface area contributed by atoms with Gasteiger partial charge in [-0.1, -0.05) is 41.7 Å². The van der Waals surface area contributed by atoms with Crippen molar-refractivity contribution < 1.29 is 19.2 Å². The van der Waals surface area contributed by atoms with Gasteiger partial charge in [-0.25, -0.2) is 0 Å². The summed E-state index contributed by atoms with van der Waals surface area (Å²) in [7, 11) is 1.59. The molecule has 2 aromatic carbocycles. The molecule has 0 unspecified atom stereocenters. The number of nitrogens with zero attached hydrogens (tertiary/aromatic N) is 2. The number of non-ortho nitro benzene ring substituents is 1. The van der Waals surface area contributed by atoms with E-state index in [2.05, 4.69) is 0 Å². The molecule has 1 saturated heterocycles. The first-order valence-corrected chi connectivity index (χ1v) is 9.90. The van der Waals surface area contributed by atoms with E-state index in [1.54, 1.807) is 13.1 Å². The van der Waals surface area contributed by atoms with Gasteiger partial charge in [0.25, 0.3) is 11.6 Å². The van der Waals surface area contributed by atoms with Gasteiger partial charge in [0.1, 0.15) is 29.0 Å². The number of carbonyl (C=O) groups is 1. The van der Waals surface area contributed by atoms with Crippen molar-refractivity contribution >= 4 is 46.0 Å². The van der Waals surface area contributed by atoms with E-state index in [-0.39, 0.29) is 18.2 Å². The van der Waals surface area contributed by atoms with Crippen LogP contribution in [-0.2, 0) is 4.79 Å². The summed E-state index contributed by atoms with van der Waals surface area (Å²) < 4.78 is 11.8. The first kappa shape index (κ1) is 20.8. The van der Waals surface area contributed by atoms with Crippen LogP contribution in [0.25, 0.3) is 6.08 Å². The molecular weight excluding hydrogens is 412 g/mol. The van der Waals surface area contributed by atoms with Gasteiger partial charge < -0.3 is 9.47 Å². The summed E-state index contributed by atoms with van der Waals surface area (Å²) in [6.45, 7) is 2.53. The molecule has 9 heteroatoms. The minimum absolute atomic E-state index is 0.0912. The van der Waals surface area contributed by atoms with Crippen molar-refractivity contribution in [3.63, 3.8) is 0 Å². The van der Waals surface area contributed by atoms with Crippen LogP contribution in [0.1, 0.15) is 11.1 Å². The number of aryl methyl sites for hydroxylation is 1. The Bertz CT molecular complexity index is 989. The number of nitro groups is 1. The van der Waals surface area contributed by atoms with Crippen LogP contribution in [0.5, 0.6) is 11.5 Å². The smallest absolute Gasteiger partial charge is 0.270 e. The molecule has 0 bridgehead atoms. The van der Waals surface area contributed by atoms with Crippen molar-refractivity contribution in [2.24, 2.45) is 0 Å². The van der Waals surface area contributed by atoms with Crippen molar-refractivity contribution in [1.82, 2.24) is 4.90 Å². The number of thioether (sulfide) groups is 1. The van der Waals surface area contributed by atoms with Crippen molar-refractivity contribution in [3.05, 3.63) is 68.6 Å². The SMILES string of the molecule is Cc1ccc(OCCOc2ccc([N+](=O)[O-])cc2C=C2SC(=S)N(C)C2=O)cc1. The Morgan fingerprint density at radius 3 is 2.48 bits per heavy atom. The molecule has 3 rings (SSSR count). The van der Waals surface area contributed by atoms with Crippen LogP contribution < -0.4 is 9.47 Å². The molecule has 1 aliphatic heterocycles. The maximum Gasteiger partial charge on any atom is 0.270 e. The number of thiocarbonyl (C=S) groups is 1. The second kappa shape index (κ2) is 9.06. The van der Waals surface area contributed by atoms with Crippen LogP contribution in [0.2, 0.25) is 0 Å². The zero-order chi connectivity index (χ0) is 21.0. The highest BCUT2D eigenvalue weighted by molar-refractivity contribution is 8.26. The molecule has 1 fully saturated rings. The lowest BCUT2D eigenvalue weighted by atomic mass is 10.1. The first-order valence-electron chi connectivity index (χ1n) is 8.67. The topological polar surface area (TPSA) is 81.9 Å². The highest BCUT2D eigenvalue weighted by Crippen LogP contribution is 2.34. The number of ether oxygens (including phenoxy) is 2. The van der Waals surface area contributed by atoms with Gasteiger partial charge in [0.05, 0.1) is 9.83 Å². The van der Waals surface area contributed by atoms with Crippen LogP contribution in [0.15, 0.2) is 47.4 Å². The van der Waals surface area contributed by atoms with Gasteiger partial charge >= 0.3 is 0 Å². The fourth-order valence-corrected chi connectivity index (χ4v) is 3.70. The normalized spacial score (nSPS) is 15.1. The summed E-state index contributed by atoms with van der Waals surface area (Å²) >= 11 is 6.27. The second-order valence-electron chi connectivity index (χ2n) is 6.23. The van der Waals surface area contributed by atoms with Gasteiger partial charge in [0.2, 0.25) is 0 Å². The molecule has 1 heterocycles. The van der Waals surface area contributed by atoms with Gasteiger partial charge in [-0.05, 0) is 31.2 Å². The summed E-state index contributed by atoms with van der Waals surface area (Å²) in [5.74, 6) is 0.902. The monoisotopic (exact) mass is 430 g/mol. The average molecular weight is 431 g/mol. The largest absolute Gasteiger partial charge is 0.490 e. The molecule has 7 nitrogen and oxygen atoms in total. The third kappa shape index (κ3) is 5.12. The lowest BCUT2D eigenvalue weighted by molar-refractivity contribution is -0.384. The Labute approximate surface area is 177 Å². The molecule has 2 aromatic rings. The van der Waals surface area contributed by atoms with Crippen LogP contribution in [0.4, 0.5) is 5.69 Å². The maximum atomic E-state index is 12.2. The molecule has 150 valence electrons. The number of rotatable bonds is 7. The standard InChI is InChI=1S/C20H18N2O5S2/c1-13-3-6-16(7-4-13)26-9-10-27-17-8-5-15(22(24)25)11-14(17)12-18-19(23)21(2)20(28)29-18/h3-8,11-12H,9-10H2,1-2H3. The van der Waals surface area contributed by atoms with Crippen molar-refractivity contribution in [2.75, 3.05) is 20.3 Å². The number of amides is 1. The van der Waals surface area contributed by atoms with Gasteiger partial charge in [-0.3, -0.25) is 19.8 Å². The average Bonchev–Trinajstić information content (AvgIpc) is 2.94. The van der Waals surface area contributed by atoms with E-state index in [0.717, 1.165) is 23.1 Å². The highest BCUT2D eigenvalue weighted by Gasteiger charge is 2.29.